The van der Waals surface area contributed by atoms with Crippen LogP contribution in [0.25, 0.3) is 0 Å². The number of phosphoric acid groups is 1. The molecule has 0 aromatic carbocycles. The number of phosphoric ester groups is 1. The molecule has 0 bridgehead atoms. The zero-order chi connectivity index (χ0) is 55.6. The van der Waals surface area contributed by atoms with Crippen LogP contribution < -0.4 is 10.2 Å². The number of hydrogen-bond acceptors (Lipinski definition) is 6. The molecule has 0 radical (unpaired) electrons. The van der Waals surface area contributed by atoms with E-state index in [4.69, 9.17) is 9.05 Å². The van der Waals surface area contributed by atoms with Gasteiger partial charge < -0.3 is 28.8 Å². The minimum atomic E-state index is -4.59. The third-order valence-corrected chi connectivity index (χ3v) is 14.8. The van der Waals surface area contributed by atoms with E-state index in [0.717, 1.165) is 96.3 Å². The lowest BCUT2D eigenvalue weighted by Crippen LogP contribution is -2.46. The van der Waals surface area contributed by atoms with Gasteiger partial charge in [-0.1, -0.05) is 284 Å². The van der Waals surface area contributed by atoms with E-state index < -0.39 is 20.0 Å². The molecule has 0 spiro atoms. The Hall–Kier alpha value is -2.58. The molecule has 0 saturated heterocycles. The first-order chi connectivity index (χ1) is 37.0. The molecular formula is C67H121N2O6P. The van der Waals surface area contributed by atoms with Crippen LogP contribution in [0.5, 0.6) is 0 Å². The Bertz CT molecular complexity index is 1560. The second-order valence-electron chi connectivity index (χ2n) is 22.4. The molecule has 0 saturated carbocycles. The van der Waals surface area contributed by atoms with Crippen molar-refractivity contribution in [1.82, 2.24) is 5.32 Å². The normalized spacial score (nSPS) is 14.5. The standard InChI is InChI=1S/C67H121N2O6P/c1-6-8-10-12-14-16-18-20-22-24-26-28-29-30-31-32-33-34-35-36-37-38-39-41-43-45-47-49-51-53-55-57-59-61-67(71)68-65(64-75-76(72,73)74-63-62-69(3,4)5)66(70)60-58-56-54-52-50-48-46-44-42-40-27-25-23-21-19-17-15-13-11-9-7-2/h8,10,14,16,20,22,26,28,30-31,33-34,36-37,39,41,65-66,70H,6-7,9,11-13,15,17-19,21,23-25,27,29,32,35,38,40,42-64H2,1-5H3,(H-,68,71,72,73)/b10-8-,16-14-,22-20-,28-26-,31-30-,34-33-,37-36-,41-39-. The van der Waals surface area contributed by atoms with Crippen LogP contribution in [0.2, 0.25) is 0 Å². The summed E-state index contributed by atoms with van der Waals surface area (Å²) >= 11 is 0. The topological polar surface area (TPSA) is 108 Å². The number of allylic oxidation sites excluding steroid dienone is 16. The van der Waals surface area contributed by atoms with Crippen LogP contribution in [-0.2, 0) is 18.4 Å². The number of hydrogen-bond donors (Lipinski definition) is 2. The number of carbonyl (C=O) groups excluding carboxylic acids is 1. The summed E-state index contributed by atoms with van der Waals surface area (Å²) < 4.78 is 23.5. The molecule has 3 unspecified atom stereocenters. The number of aliphatic hydroxyl groups is 1. The molecule has 3 atom stereocenters. The van der Waals surface area contributed by atoms with Crippen molar-refractivity contribution in [2.45, 2.75) is 283 Å². The second kappa shape index (κ2) is 57.1. The van der Waals surface area contributed by atoms with Gasteiger partial charge in [-0.15, -0.1) is 0 Å². The number of nitrogens with one attached hydrogen (secondary N) is 1. The van der Waals surface area contributed by atoms with Crippen molar-refractivity contribution in [3.05, 3.63) is 97.2 Å². The maximum absolute atomic E-state index is 13.0. The number of likely N-dealkylation sites (N-methyl/N-ethyl adjacent to an activating group) is 1. The van der Waals surface area contributed by atoms with Gasteiger partial charge in [-0.3, -0.25) is 9.36 Å². The first-order valence-electron chi connectivity index (χ1n) is 31.6. The number of unbranched alkanes of at least 4 members (excludes halogenated alkanes) is 28. The lowest BCUT2D eigenvalue weighted by atomic mass is 10.0. The fraction of sp³-hybridized carbons (Fsp3) is 0.746. The molecule has 1 amide bonds. The van der Waals surface area contributed by atoms with Crippen molar-refractivity contribution in [3.8, 4) is 0 Å². The Kier molecular flexibility index (Phi) is 55.2. The predicted octanol–water partition coefficient (Wildman–Crippen LogP) is 19.1. The van der Waals surface area contributed by atoms with Gasteiger partial charge in [-0.2, -0.15) is 0 Å². The molecular weight excluding hydrogens is 960 g/mol. The summed E-state index contributed by atoms with van der Waals surface area (Å²) in [6.07, 6.45) is 81.6. The van der Waals surface area contributed by atoms with Crippen LogP contribution in [0.4, 0.5) is 0 Å². The molecule has 0 aliphatic rings. The third kappa shape index (κ3) is 59.1. The van der Waals surface area contributed by atoms with Crippen molar-refractivity contribution in [1.29, 1.82) is 0 Å². The van der Waals surface area contributed by atoms with Gasteiger partial charge in [0, 0.05) is 6.42 Å². The molecule has 76 heavy (non-hydrogen) atoms. The van der Waals surface area contributed by atoms with Crippen molar-refractivity contribution in [3.63, 3.8) is 0 Å². The van der Waals surface area contributed by atoms with E-state index in [0.29, 0.717) is 23.9 Å². The summed E-state index contributed by atoms with van der Waals surface area (Å²) in [5.74, 6) is -0.174. The van der Waals surface area contributed by atoms with Gasteiger partial charge in [0.05, 0.1) is 39.9 Å². The molecule has 0 aromatic heterocycles. The van der Waals surface area contributed by atoms with Gasteiger partial charge in [0.15, 0.2) is 0 Å². The van der Waals surface area contributed by atoms with E-state index >= 15 is 0 Å². The maximum atomic E-state index is 13.0. The monoisotopic (exact) mass is 1080 g/mol. The zero-order valence-electron chi connectivity index (χ0n) is 50.2. The van der Waals surface area contributed by atoms with Crippen molar-refractivity contribution in [2.75, 3.05) is 40.9 Å². The summed E-state index contributed by atoms with van der Waals surface area (Å²) in [6.45, 7) is 4.62. The van der Waals surface area contributed by atoms with Gasteiger partial charge in [-0.25, -0.2) is 0 Å². The zero-order valence-corrected chi connectivity index (χ0v) is 51.1. The van der Waals surface area contributed by atoms with Crippen LogP contribution in [0.3, 0.4) is 0 Å². The van der Waals surface area contributed by atoms with Gasteiger partial charge >= 0.3 is 0 Å². The first kappa shape index (κ1) is 73.4. The quantitative estimate of drug-likeness (QED) is 0.0272. The van der Waals surface area contributed by atoms with Crippen LogP contribution in [0, 0.1) is 0 Å². The Balaban J connectivity index is 4.16. The van der Waals surface area contributed by atoms with Gasteiger partial charge in [0.1, 0.15) is 13.2 Å². The largest absolute Gasteiger partial charge is 0.756 e. The summed E-state index contributed by atoms with van der Waals surface area (Å²) in [7, 11) is 1.29. The lowest BCUT2D eigenvalue weighted by molar-refractivity contribution is -0.870. The van der Waals surface area contributed by atoms with E-state index in [2.05, 4.69) is 116 Å². The van der Waals surface area contributed by atoms with E-state index in [1.165, 1.54) is 148 Å². The van der Waals surface area contributed by atoms with Crippen molar-refractivity contribution >= 4 is 13.7 Å². The molecule has 0 aromatic rings. The van der Waals surface area contributed by atoms with Crippen molar-refractivity contribution < 1.29 is 32.9 Å². The average Bonchev–Trinajstić information content (AvgIpc) is 3.38. The van der Waals surface area contributed by atoms with Crippen LogP contribution in [-0.4, -0.2) is 68.5 Å². The fourth-order valence-corrected chi connectivity index (χ4v) is 9.66. The smallest absolute Gasteiger partial charge is 0.268 e. The highest BCUT2D eigenvalue weighted by molar-refractivity contribution is 7.45. The van der Waals surface area contributed by atoms with E-state index in [1.54, 1.807) is 0 Å². The molecule has 9 heteroatoms. The van der Waals surface area contributed by atoms with Gasteiger partial charge in [-0.05, 0) is 77.0 Å². The molecule has 8 nitrogen and oxygen atoms in total. The Morgan fingerprint density at radius 2 is 0.803 bits per heavy atom. The highest BCUT2D eigenvalue weighted by Crippen LogP contribution is 2.38. The van der Waals surface area contributed by atoms with E-state index in [9.17, 15) is 19.4 Å². The third-order valence-electron chi connectivity index (χ3n) is 13.8. The van der Waals surface area contributed by atoms with Crippen LogP contribution >= 0.6 is 7.82 Å². The average molecular weight is 1080 g/mol. The van der Waals surface area contributed by atoms with E-state index in [-0.39, 0.29) is 19.1 Å². The van der Waals surface area contributed by atoms with Crippen LogP contribution in [0.15, 0.2) is 97.2 Å². The first-order valence-corrected chi connectivity index (χ1v) is 33.0. The Morgan fingerprint density at radius 3 is 1.17 bits per heavy atom. The Morgan fingerprint density at radius 1 is 0.474 bits per heavy atom. The number of carbonyl (C=O) groups is 1. The van der Waals surface area contributed by atoms with Gasteiger partial charge in [0.25, 0.3) is 7.82 Å². The molecule has 0 aliphatic heterocycles. The fourth-order valence-electron chi connectivity index (χ4n) is 8.94. The Labute approximate surface area is 470 Å². The SMILES string of the molecule is CC/C=C\C/C=C\C/C=C\C/C=C\C/C=C\C/C=C\C/C=C\C/C=C\CCCCCCCCCCC(=O)NC(COP(=O)([O-])OCC[N+](C)(C)C)C(O)CCCCCCCCCCCCCCCCCCCCCCC. The second-order valence-corrected chi connectivity index (χ2v) is 23.8. The van der Waals surface area contributed by atoms with Crippen molar-refractivity contribution in [2.24, 2.45) is 0 Å². The number of quaternary nitrogens is 1. The maximum Gasteiger partial charge on any atom is 0.268 e. The molecule has 2 N–H and O–H groups in total. The summed E-state index contributed by atoms with van der Waals surface area (Å²) in [6, 6.07) is -0.813. The highest BCUT2D eigenvalue weighted by Gasteiger charge is 2.24. The lowest BCUT2D eigenvalue weighted by Gasteiger charge is -2.30. The summed E-state index contributed by atoms with van der Waals surface area (Å²) in [5.41, 5.74) is 0. The molecule has 0 heterocycles. The van der Waals surface area contributed by atoms with Gasteiger partial charge in [0.2, 0.25) is 5.91 Å². The predicted molar refractivity (Wildman–Crippen MR) is 329 cm³/mol. The number of nitrogens with zero attached hydrogens (tertiary/aromatic N) is 1. The highest BCUT2D eigenvalue weighted by atomic mass is 31.2. The summed E-state index contributed by atoms with van der Waals surface area (Å²) in [4.78, 5) is 25.6. The molecule has 0 rings (SSSR count). The number of aliphatic hydroxyl groups excluding tert-OH is 1. The molecule has 0 aliphatic carbocycles. The number of rotatable bonds is 57. The van der Waals surface area contributed by atoms with E-state index in [1.807, 2.05) is 21.1 Å². The number of amides is 1. The minimum Gasteiger partial charge on any atom is -0.756 e. The molecule has 440 valence electrons. The minimum absolute atomic E-state index is 0.00633. The molecule has 0 fully saturated rings. The van der Waals surface area contributed by atoms with Crippen LogP contribution in [0.1, 0.15) is 271 Å². The summed E-state index contributed by atoms with van der Waals surface area (Å²) in [5, 5.41) is 14.1.